The third-order valence-electron chi connectivity index (χ3n) is 1.18. The first-order valence-electron chi connectivity index (χ1n) is 4.39. The van der Waals surface area contributed by atoms with Crippen molar-refractivity contribution < 1.29 is 9.22 Å². The number of allylic oxidation sites excluding steroid dienone is 3. The summed E-state index contributed by atoms with van der Waals surface area (Å²) < 4.78 is 5.24. The van der Waals surface area contributed by atoms with E-state index < -0.39 is 8.32 Å². The molecule has 0 unspecified atom stereocenters. The highest BCUT2D eigenvalue weighted by Crippen LogP contribution is 2.05. The highest BCUT2D eigenvalue weighted by Gasteiger charge is 2.18. The summed E-state index contributed by atoms with van der Waals surface area (Å²) in [6.45, 7) is 9.77. The summed E-state index contributed by atoms with van der Waals surface area (Å²) in [6.07, 6.45) is 5.30. The van der Waals surface area contributed by atoms with Gasteiger partial charge < -0.3 is 4.43 Å². The molecule has 0 aromatic heterocycles. The van der Waals surface area contributed by atoms with Gasteiger partial charge >= 0.3 is 5.97 Å². The molecule has 0 rings (SSSR count). The lowest BCUT2D eigenvalue weighted by Crippen LogP contribution is -2.28. The van der Waals surface area contributed by atoms with E-state index >= 15 is 0 Å². The molecule has 0 aliphatic heterocycles. The van der Waals surface area contributed by atoms with E-state index in [1.807, 2.05) is 45.6 Å². The minimum atomic E-state index is -1.73. The molecule has 0 fully saturated rings. The first-order chi connectivity index (χ1) is 5.85. The minimum Gasteiger partial charge on any atom is -0.517 e. The average molecular weight is 198 g/mol. The SMILES string of the molecule is C/C=C/C(C)=C/C(=O)O[Si](C)(C)C. The topological polar surface area (TPSA) is 26.3 Å². The van der Waals surface area contributed by atoms with Crippen molar-refractivity contribution in [3.05, 3.63) is 23.8 Å². The summed E-state index contributed by atoms with van der Waals surface area (Å²) in [5.41, 5.74) is 0.922. The third kappa shape index (κ3) is 7.53. The van der Waals surface area contributed by atoms with E-state index in [0.717, 1.165) is 5.57 Å². The molecule has 0 saturated carbocycles. The number of carbonyl (C=O) groups excluding carboxylic acids is 1. The number of hydrogen-bond acceptors (Lipinski definition) is 2. The van der Waals surface area contributed by atoms with Crippen LogP contribution in [0.15, 0.2) is 23.8 Å². The molecule has 0 aromatic carbocycles. The fourth-order valence-corrected chi connectivity index (χ4v) is 1.49. The highest BCUT2D eigenvalue weighted by atomic mass is 28.4. The largest absolute Gasteiger partial charge is 0.517 e. The van der Waals surface area contributed by atoms with Crippen LogP contribution >= 0.6 is 0 Å². The Labute approximate surface area is 81.4 Å². The Morgan fingerprint density at radius 3 is 2.23 bits per heavy atom. The Morgan fingerprint density at radius 1 is 1.31 bits per heavy atom. The van der Waals surface area contributed by atoms with Crippen LogP contribution in [0.1, 0.15) is 13.8 Å². The van der Waals surface area contributed by atoms with Gasteiger partial charge in [0, 0.05) is 6.08 Å². The van der Waals surface area contributed by atoms with E-state index in [0.29, 0.717) is 0 Å². The van der Waals surface area contributed by atoms with Crippen LogP contribution in [0.3, 0.4) is 0 Å². The Balaban J connectivity index is 4.23. The fraction of sp³-hybridized carbons (Fsp3) is 0.500. The minimum absolute atomic E-state index is 0.227. The van der Waals surface area contributed by atoms with Gasteiger partial charge in [-0.05, 0) is 39.1 Å². The molecule has 0 aliphatic carbocycles. The van der Waals surface area contributed by atoms with Crippen LogP contribution in [0, 0.1) is 0 Å². The van der Waals surface area contributed by atoms with Gasteiger partial charge in [0.2, 0.25) is 8.32 Å². The maximum Gasteiger partial charge on any atom is 0.317 e. The summed E-state index contributed by atoms with van der Waals surface area (Å²) in [7, 11) is -1.73. The van der Waals surface area contributed by atoms with Crippen LogP contribution in [-0.2, 0) is 9.22 Å². The molecule has 0 amide bonds. The first-order valence-corrected chi connectivity index (χ1v) is 7.80. The maximum absolute atomic E-state index is 11.2. The lowest BCUT2D eigenvalue weighted by Gasteiger charge is -2.15. The summed E-state index contributed by atoms with van der Waals surface area (Å²) in [5, 5.41) is 0. The lowest BCUT2D eigenvalue weighted by atomic mass is 10.2. The van der Waals surface area contributed by atoms with E-state index in [1.54, 1.807) is 0 Å². The predicted molar refractivity (Wildman–Crippen MR) is 58.0 cm³/mol. The van der Waals surface area contributed by atoms with Crippen LogP contribution < -0.4 is 0 Å². The highest BCUT2D eigenvalue weighted by molar-refractivity contribution is 6.71. The van der Waals surface area contributed by atoms with Crippen LogP contribution in [0.4, 0.5) is 0 Å². The second-order valence-corrected chi connectivity index (χ2v) is 8.35. The Hall–Kier alpha value is -0.833. The predicted octanol–water partition coefficient (Wildman–Crippen LogP) is 2.89. The van der Waals surface area contributed by atoms with Crippen LogP contribution in [0.2, 0.25) is 19.6 Å². The van der Waals surface area contributed by atoms with Crippen molar-refractivity contribution in [3.8, 4) is 0 Å². The summed E-state index contributed by atoms with van der Waals surface area (Å²) in [5.74, 6) is -0.227. The number of hydrogen-bond donors (Lipinski definition) is 0. The van der Waals surface area contributed by atoms with E-state index in [-0.39, 0.29) is 5.97 Å². The first kappa shape index (κ1) is 12.2. The molecular formula is C10H18O2Si. The van der Waals surface area contributed by atoms with Gasteiger partial charge in [-0.2, -0.15) is 0 Å². The fourth-order valence-electron chi connectivity index (χ4n) is 0.828. The van der Waals surface area contributed by atoms with Crippen molar-refractivity contribution in [2.75, 3.05) is 0 Å². The lowest BCUT2D eigenvalue weighted by molar-refractivity contribution is -0.129. The number of carbonyl (C=O) groups is 1. The normalized spacial score (nSPS) is 13.5. The Kier molecular flexibility index (Phi) is 4.70. The summed E-state index contributed by atoms with van der Waals surface area (Å²) in [4.78, 5) is 11.2. The van der Waals surface area contributed by atoms with E-state index in [2.05, 4.69) is 0 Å². The number of rotatable bonds is 3. The third-order valence-corrected chi connectivity index (χ3v) is 2.00. The van der Waals surface area contributed by atoms with Gasteiger partial charge in [-0.25, -0.2) is 4.79 Å². The van der Waals surface area contributed by atoms with Crippen molar-refractivity contribution in [2.45, 2.75) is 33.5 Å². The molecule has 0 N–H and O–H groups in total. The van der Waals surface area contributed by atoms with Gasteiger partial charge in [0.25, 0.3) is 0 Å². The van der Waals surface area contributed by atoms with Gasteiger partial charge in [0.1, 0.15) is 0 Å². The molecule has 74 valence electrons. The molecule has 0 atom stereocenters. The van der Waals surface area contributed by atoms with Crippen molar-refractivity contribution in [1.82, 2.24) is 0 Å². The monoisotopic (exact) mass is 198 g/mol. The zero-order valence-electron chi connectivity index (χ0n) is 9.05. The molecule has 0 radical (unpaired) electrons. The van der Waals surface area contributed by atoms with Gasteiger partial charge in [0.05, 0.1) is 0 Å². The van der Waals surface area contributed by atoms with Crippen molar-refractivity contribution in [2.24, 2.45) is 0 Å². The maximum atomic E-state index is 11.2. The Morgan fingerprint density at radius 2 is 1.85 bits per heavy atom. The average Bonchev–Trinajstić information content (AvgIpc) is 1.81. The smallest absolute Gasteiger partial charge is 0.317 e. The summed E-state index contributed by atoms with van der Waals surface area (Å²) >= 11 is 0. The van der Waals surface area contributed by atoms with Gasteiger partial charge in [-0.1, -0.05) is 12.2 Å². The molecular weight excluding hydrogens is 180 g/mol. The quantitative estimate of drug-likeness (QED) is 0.396. The molecule has 13 heavy (non-hydrogen) atoms. The van der Waals surface area contributed by atoms with E-state index in [1.165, 1.54) is 6.08 Å². The molecule has 0 heterocycles. The van der Waals surface area contributed by atoms with Crippen LogP contribution in [0.25, 0.3) is 0 Å². The van der Waals surface area contributed by atoms with Crippen molar-refractivity contribution in [1.29, 1.82) is 0 Å². The van der Waals surface area contributed by atoms with Gasteiger partial charge in [-0.3, -0.25) is 0 Å². The Bertz CT molecular complexity index is 234. The second-order valence-electron chi connectivity index (χ2n) is 3.92. The molecule has 3 heteroatoms. The second kappa shape index (κ2) is 5.02. The molecule has 0 aromatic rings. The molecule has 0 spiro atoms. The summed E-state index contributed by atoms with van der Waals surface area (Å²) in [6, 6.07) is 0. The zero-order valence-corrected chi connectivity index (χ0v) is 10.0. The van der Waals surface area contributed by atoms with Crippen molar-refractivity contribution in [3.63, 3.8) is 0 Å². The van der Waals surface area contributed by atoms with Gasteiger partial charge in [-0.15, -0.1) is 0 Å². The van der Waals surface area contributed by atoms with Crippen molar-refractivity contribution >= 4 is 14.3 Å². The standard InChI is InChI=1S/C10H18O2Si/c1-6-7-9(2)8-10(11)12-13(3,4)5/h6-8H,1-5H3/b7-6+,9-8+. The molecule has 2 nitrogen and oxygen atoms in total. The zero-order chi connectivity index (χ0) is 10.5. The van der Waals surface area contributed by atoms with Crippen LogP contribution in [0.5, 0.6) is 0 Å². The van der Waals surface area contributed by atoms with E-state index in [9.17, 15) is 4.79 Å². The van der Waals surface area contributed by atoms with Crippen LogP contribution in [-0.4, -0.2) is 14.3 Å². The van der Waals surface area contributed by atoms with Gasteiger partial charge in [0.15, 0.2) is 0 Å². The molecule has 0 bridgehead atoms. The van der Waals surface area contributed by atoms with E-state index in [4.69, 9.17) is 4.43 Å². The molecule has 0 aliphatic rings. The molecule has 0 saturated heterocycles.